The van der Waals surface area contributed by atoms with Crippen LogP contribution in [0, 0.1) is 17.8 Å². The molecule has 7 heteroatoms. The molecule has 2 N–H and O–H groups in total. The Morgan fingerprint density at radius 3 is 2.76 bits per heavy atom. The fourth-order valence-corrected chi connectivity index (χ4v) is 5.04. The van der Waals surface area contributed by atoms with E-state index in [0.717, 1.165) is 35.7 Å². The highest BCUT2D eigenvalue weighted by atomic mass is 32.2. The Balaban J connectivity index is 1.62. The molecule has 3 atom stereocenters. The quantitative estimate of drug-likeness (QED) is 0.861. The summed E-state index contributed by atoms with van der Waals surface area (Å²) in [6, 6.07) is 3.72. The highest BCUT2D eigenvalue weighted by Gasteiger charge is 2.48. The van der Waals surface area contributed by atoms with Crippen LogP contribution in [-0.2, 0) is 21.1 Å². The average molecular weight is 360 g/mol. The number of nitrogens with zero attached hydrogens (tertiary/aromatic N) is 2. The molecule has 2 aliphatic rings. The summed E-state index contributed by atoms with van der Waals surface area (Å²) in [7, 11) is -1.09. The van der Waals surface area contributed by atoms with Gasteiger partial charge in [-0.1, -0.05) is 0 Å². The summed E-state index contributed by atoms with van der Waals surface area (Å²) in [4.78, 5) is 18.1. The standard InChI is InChI=1S/C18H24N4O2S/c1-18(2,21-16(23)15-11-7-12(15)9-19-8-11)17-20-10-13-14(25(3)24)5-4-6-22(13)17/h4-6,10-12,15,19H,7-9H2,1-3H3,(H,21,23). The molecule has 4 rings (SSSR count). The number of rotatable bonds is 4. The van der Waals surface area contributed by atoms with Crippen molar-refractivity contribution in [1.82, 2.24) is 20.0 Å². The lowest BCUT2D eigenvalue weighted by molar-refractivity contribution is -0.138. The molecule has 3 heterocycles. The first-order valence-electron chi connectivity index (χ1n) is 8.71. The van der Waals surface area contributed by atoms with E-state index in [2.05, 4.69) is 15.6 Å². The van der Waals surface area contributed by atoms with Crippen molar-refractivity contribution in [3.63, 3.8) is 0 Å². The molecule has 134 valence electrons. The van der Waals surface area contributed by atoms with Crippen LogP contribution in [0.15, 0.2) is 29.4 Å². The predicted octanol–water partition coefficient (Wildman–Crippen LogP) is 1.28. The fraction of sp³-hybridized carbons (Fsp3) is 0.556. The van der Waals surface area contributed by atoms with Gasteiger partial charge in [-0.2, -0.15) is 0 Å². The van der Waals surface area contributed by atoms with Gasteiger partial charge in [0.1, 0.15) is 5.82 Å². The average Bonchev–Trinajstić information content (AvgIpc) is 2.99. The fourth-order valence-electron chi connectivity index (χ4n) is 4.32. The maximum Gasteiger partial charge on any atom is 0.224 e. The minimum Gasteiger partial charge on any atom is -0.344 e. The van der Waals surface area contributed by atoms with Crippen LogP contribution < -0.4 is 10.6 Å². The van der Waals surface area contributed by atoms with E-state index < -0.39 is 16.3 Å². The molecule has 2 aromatic heterocycles. The molecule has 0 spiro atoms. The zero-order valence-corrected chi connectivity index (χ0v) is 15.6. The Morgan fingerprint density at radius 2 is 2.12 bits per heavy atom. The van der Waals surface area contributed by atoms with Gasteiger partial charge in [-0.05, 0) is 57.3 Å². The Labute approximate surface area is 149 Å². The largest absolute Gasteiger partial charge is 0.344 e. The van der Waals surface area contributed by atoms with Crippen molar-refractivity contribution in [2.45, 2.75) is 30.7 Å². The van der Waals surface area contributed by atoms with Crippen LogP contribution in [0.1, 0.15) is 26.1 Å². The maximum atomic E-state index is 12.8. The van der Waals surface area contributed by atoms with Crippen LogP contribution in [0.2, 0.25) is 0 Å². The minimum absolute atomic E-state index is 0.116. The zero-order valence-electron chi connectivity index (χ0n) is 14.8. The van der Waals surface area contributed by atoms with Crippen LogP contribution in [0.4, 0.5) is 0 Å². The highest BCUT2D eigenvalue weighted by Crippen LogP contribution is 2.43. The molecule has 1 saturated heterocycles. The number of aromatic nitrogens is 2. The molecular weight excluding hydrogens is 336 g/mol. The number of amides is 1. The third-order valence-electron chi connectivity index (χ3n) is 5.57. The van der Waals surface area contributed by atoms with E-state index in [4.69, 9.17) is 0 Å². The number of carbonyl (C=O) groups excluding carboxylic acids is 1. The summed E-state index contributed by atoms with van der Waals surface area (Å²) in [6.07, 6.45) is 6.47. The number of nitrogens with one attached hydrogen (secondary N) is 2. The number of fused-ring (bicyclic) bond motifs is 3. The Bertz CT molecular complexity index is 846. The van der Waals surface area contributed by atoms with Gasteiger partial charge in [-0.15, -0.1) is 0 Å². The van der Waals surface area contributed by atoms with E-state index in [1.165, 1.54) is 0 Å². The Kier molecular flexibility index (Phi) is 3.96. The molecule has 2 aromatic rings. The summed E-state index contributed by atoms with van der Waals surface area (Å²) < 4.78 is 13.9. The smallest absolute Gasteiger partial charge is 0.224 e. The first-order chi connectivity index (χ1) is 11.9. The van der Waals surface area contributed by atoms with Crippen LogP contribution in [0.5, 0.6) is 0 Å². The van der Waals surface area contributed by atoms with Crippen molar-refractivity contribution in [1.29, 1.82) is 0 Å². The molecule has 1 aliphatic heterocycles. The van der Waals surface area contributed by atoms with E-state index in [1.807, 2.05) is 36.6 Å². The third-order valence-corrected chi connectivity index (χ3v) is 6.54. The lowest BCUT2D eigenvalue weighted by Crippen LogP contribution is -2.60. The molecular formula is C18H24N4O2S. The van der Waals surface area contributed by atoms with Crippen LogP contribution in [-0.4, -0.2) is 38.8 Å². The molecule has 2 fully saturated rings. The first kappa shape index (κ1) is 16.7. The first-order valence-corrected chi connectivity index (χ1v) is 10.3. The van der Waals surface area contributed by atoms with Gasteiger partial charge in [-0.25, -0.2) is 4.98 Å². The second-order valence-corrected chi connectivity index (χ2v) is 9.07. The number of imidazole rings is 1. The van der Waals surface area contributed by atoms with Gasteiger partial charge < -0.3 is 15.0 Å². The topological polar surface area (TPSA) is 75.5 Å². The van der Waals surface area contributed by atoms with E-state index in [1.54, 1.807) is 12.5 Å². The summed E-state index contributed by atoms with van der Waals surface area (Å²) in [5.74, 6) is 1.91. The van der Waals surface area contributed by atoms with Crippen molar-refractivity contribution in [3.8, 4) is 0 Å². The van der Waals surface area contributed by atoms with Crippen molar-refractivity contribution < 1.29 is 9.00 Å². The zero-order chi connectivity index (χ0) is 17.8. The predicted molar refractivity (Wildman–Crippen MR) is 96.6 cm³/mol. The molecule has 1 amide bonds. The van der Waals surface area contributed by atoms with Gasteiger partial charge in [0.25, 0.3) is 0 Å². The lowest BCUT2D eigenvalue weighted by atomic mass is 9.61. The molecule has 0 radical (unpaired) electrons. The normalized spacial score (nSPS) is 26.9. The van der Waals surface area contributed by atoms with Gasteiger partial charge >= 0.3 is 0 Å². The van der Waals surface area contributed by atoms with Crippen molar-refractivity contribution >= 4 is 22.2 Å². The molecule has 1 saturated carbocycles. The molecule has 2 bridgehead atoms. The van der Waals surface area contributed by atoms with E-state index >= 15 is 0 Å². The SMILES string of the molecule is CS(=O)c1cccn2c(C(C)(C)NC(=O)C3C4CNCC3C4)ncc12. The monoisotopic (exact) mass is 360 g/mol. The maximum absolute atomic E-state index is 12.8. The summed E-state index contributed by atoms with van der Waals surface area (Å²) in [6.45, 7) is 5.82. The number of carbonyl (C=O) groups is 1. The van der Waals surface area contributed by atoms with E-state index in [-0.39, 0.29) is 11.8 Å². The summed E-state index contributed by atoms with van der Waals surface area (Å²) in [5.41, 5.74) is 0.222. The number of hydrogen-bond donors (Lipinski definition) is 2. The number of piperidine rings is 2. The minimum atomic E-state index is -1.09. The van der Waals surface area contributed by atoms with Crippen LogP contribution >= 0.6 is 0 Å². The van der Waals surface area contributed by atoms with E-state index in [0.29, 0.717) is 11.8 Å². The number of pyridine rings is 1. The van der Waals surface area contributed by atoms with Gasteiger partial charge in [-0.3, -0.25) is 9.00 Å². The highest BCUT2D eigenvalue weighted by molar-refractivity contribution is 7.84. The van der Waals surface area contributed by atoms with Gasteiger partial charge in [0.2, 0.25) is 5.91 Å². The van der Waals surface area contributed by atoms with Gasteiger partial charge in [0.15, 0.2) is 0 Å². The van der Waals surface area contributed by atoms with Crippen molar-refractivity contribution in [2.75, 3.05) is 19.3 Å². The molecule has 3 unspecified atom stereocenters. The molecule has 1 aliphatic carbocycles. The molecule has 6 nitrogen and oxygen atoms in total. The second kappa shape index (κ2) is 5.92. The lowest BCUT2D eigenvalue weighted by Gasteiger charge is -2.49. The van der Waals surface area contributed by atoms with E-state index in [9.17, 15) is 9.00 Å². The Morgan fingerprint density at radius 1 is 1.40 bits per heavy atom. The summed E-state index contributed by atoms with van der Waals surface area (Å²) in [5, 5.41) is 6.58. The number of hydrogen-bond acceptors (Lipinski definition) is 4. The van der Waals surface area contributed by atoms with Crippen LogP contribution in [0.3, 0.4) is 0 Å². The van der Waals surface area contributed by atoms with Crippen molar-refractivity contribution in [3.05, 3.63) is 30.4 Å². The summed E-state index contributed by atoms with van der Waals surface area (Å²) >= 11 is 0. The van der Waals surface area contributed by atoms with Gasteiger partial charge in [0, 0.05) is 18.4 Å². The van der Waals surface area contributed by atoms with Gasteiger partial charge in [0.05, 0.1) is 32.9 Å². The molecule has 0 aromatic carbocycles. The molecule has 25 heavy (non-hydrogen) atoms. The third kappa shape index (κ3) is 2.69. The van der Waals surface area contributed by atoms with Crippen molar-refractivity contribution in [2.24, 2.45) is 17.8 Å². The second-order valence-electron chi connectivity index (χ2n) is 7.72. The van der Waals surface area contributed by atoms with Crippen LogP contribution in [0.25, 0.3) is 5.52 Å². The Hall–Kier alpha value is -1.73.